The number of hydrogen-bond donors (Lipinski definition) is 1. The molecule has 0 saturated carbocycles. The van der Waals surface area contributed by atoms with Crippen LogP contribution in [0.25, 0.3) is 0 Å². The summed E-state index contributed by atoms with van der Waals surface area (Å²) < 4.78 is 0. The maximum Gasteiger partial charge on any atom is 0.252 e. The summed E-state index contributed by atoms with van der Waals surface area (Å²) in [6, 6.07) is 8.75. The van der Waals surface area contributed by atoms with Crippen molar-refractivity contribution in [1.29, 1.82) is 0 Å². The van der Waals surface area contributed by atoms with E-state index in [4.69, 9.17) is 0 Å². The molecule has 1 aromatic heterocycles. The van der Waals surface area contributed by atoms with Gasteiger partial charge in [-0.2, -0.15) is 0 Å². The Morgan fingerprint density at radius 1 is 1.27 bits per heavy atom. The van der Waals surface area contributed by atoms with E-state index in [0.29, 0.717) is 0 Å². The number of rotatable bonds is 5. The highest BCUT2D eigenvalue weighted by atomic mass is 32.1. The van der Waals surface area contributed by atoms with Crippen LogP contribution < -0.4 is 5.32 Å². The maximum atomic E-state index is 12.6. The van der Waals surface area contributed by atoms with E-state index in [0.717, 1.165) is 63.3 Å². The Balaban J connectivity index is 1.24. The molecule has 4 heteroatoms. The number of hydrogen-bond acceptors (Lipinski definition) is 3. The monoisotopic (exact) mass is 368 g/mol. The molecule has 2 heterocycles. The van der Waals surface area contributed by atoms with Gasteiger partial charge >= 0.3 is 0 Å². The number of carbonyl (C=O) groups excluding carboxylic acids is 1. The quantitative estimate of drug-likeness (QED) is 0.808. The highest BCUT2D eigenvalue weighted by Crippen LogP contribution is 2.32. The van der Waals surface area contributed by atoms with Crippen LogP contribution in [0.1, 0.15) is 51.7 Å². The lowest BCUT2D eigenvalue weighted by Crippen LogP contribution is -2.33. The van der Waals surface area contributed by atoms with Gasteiger partial charge in [0.15, 0.2) is 0 Å². The van der Waals surface area contributed by atoms with Crippen LogP contribution in [0.15, 0.2) is 29.6 Å². The van der Waals surface area contributed by atoms with Gasteiger partial charge in [-0.15, -0.1) is 11.3 Å². The molecular formula is C22H28N2OS. The van der Waals surface area contributed by atoms with Gasteiger partial charge in [-0.25, -0.2) is 0 Å². The molecule has 3 nitrogen and oxygen atoms in total. The number of fused-ring (bicyclic) bond motifs is 2. The minimum Gasteiger partial charge on any atom is -0.352 e. The minimum absolute atomic E-state index is 0.126. The lowest BCUT2D eigenvalue weighted by atomic mass is 9.88. The first-order chi connectivity index (χ1) is 12.7. The molecule has 0 unspecified atom stereocenters. The van der Waals surface area contributed by atoms with Crippen LogP contribution >= 0.6 is 11.3 Å². The Labute approximate surface area is 160 Å². The van der Waals surface area contributed by atoms with Gasteiger partial charge in [0, 0.05) is 36.4 Å². The van der Waals surface area contributed by atoms with Gasteiger partial charge in [-0.3, -0.25) is 9.69 Å². The second kappa shape index (κ2) is 7.93. The first-order valence-corrected chi connectivity index (χ1v) is 10.7. The summed E-state index contributed by atoms with van der Waals surface area (Å²) >= 11 is 1.77. The van der Waals surface area contributed by atoms with E-state index in [1.807, 2.05) is 0 Å². The lowest BCUT2D eigenvalue weighted by Gasteiger charge is -2.28. The van der Waals surface area contributed by atoms with Gasteiger partial charge < -0.3 is 5.32 Å². The van der Waals surface area contributed by atoms with Crippen LogP contribution in [0.3, 0.4) is 0 Å². The Morgan fingerprint density at radius 3 is 3.00 bits per heavy atom. The topological polar surface area (TPSA) is 32.3 Å². The summed E-state index contributed by atoms with van der Waals surface area (Å²) in [5.41, 5.74) is 5.21. The summed E-state index contributed by atoms with van der Waals surface area (Å²) in [5.74, 6) is 0.882. The van der Waals surface area contributed by atoms with Gasteiger partial charge in [0.2, 0.25) is 0 Å². The number of thiophene rings is 1. The fourth-order valence-electron chi connectivity index (χ4n) is 4.21. The predicted octanol–water partition coefficient (Wildman–Crippen LogP) is 4.05. The third kappa shape index (κ3) is 3.86. The van der Waals surface area contributed by atoms with Crippen molar-refractivity contribution in [2.45, 2.75) is 45.6 Å². The number of carbonyl (C=O) groups is 1. The first-order valence-electron chi connectivity index (χ1n) is 9.87. The van der Waals surface area contributed by atoms with Crippen molar-refractivity contribution in [3.05, 3.63) is 56.8 Å². The fraction of sp³-hybridized carbons (Fsp3) is 0.500. The molecule has 0 spiro atoms. The normalized spacial score (nSPS) is 19.7. The van der Waals surface area contributed by atoms with E-state index in [-0.39, 0.29) is 5.91 Å². The van der Waals surface area contributed by atoms with Crippen LogP contribution in [0.5, 0.6) is 0 Å². The number of amides is 1. The first kappa shape index (κ1) is 17.7. The number of benzene rings is 1. The summed E-state index contributed by atoms with van der Waals surface area (Å²) in [4.78, 5) is 16.5. The van der Waals surface area contributed by atoms with Crippen molar-refractivity contribution in [1.82, 2.24) is 10.2 Å². The Kier molecular flexibility index (Phi) is 5.41. The van der Waals surface area contributed by atoms with Crippen molar-refractivity contribution in [2.24, 2.45) is 5.92 Å². The molecular weight excluding hydrogens is 340 g/mol. The van der Waals surface area contributed by atoms with Crippen molar-refractivity contribution < 1.29 is 4.79 Å². The molecule has 1 aliphatic carbocycles. The average Bonchev–Trinajstić information content (AvgIpc) is 3.08. The molecule has 2 aliphatic rings. The van der Waals surface area contributed by atoms with Crippen molar-refractivity contribution >= 4 is 17.2 Å². The van der Waals surface area contributed by atoms with E-state index in [2.05, 4.69) is 46.8 Å². The summed E-state index contributed by atoms with van der Waals surface area (Å²) in [6.45, 7) is 6.29. The van der Waals surface area contributed by atoms with Gasteiger partial charge in [0.25, 0.3) is 5.91 Å². The smallest absolute Gasteiger partial charge is 0.252 e. The zero-order chi connectivity index (χ0) is 17.9. The molecule has 1 N–H and O–H groups in total. The molecule has 1 aliphatic heterocycles. The molecule has 1 aromatic carbocycles. The standard InChI is InChI=1S/C22H28N2OS/c1-16-7-8-19-20(15-26-21(19)13-16)22(25)23-10-4-11-24-12-9-17-5-2-3-6-18(17)14-24/h2-3,5-6,15-16H,4,7-14H2,1H3,(H,23,25)/t16-/m1/s1. The minimum atomic E-state index is 0.126. The summed E-state index contributed by atoms with van der Waals surface area (Å²) in [6.07, 6.45) is 5.57. The largest absolute Gasteiger partial charge is 0.352 e. The second-order valence-corrected chi connectivity index (χ2v) is 8.77. The number of nitrogens with zero attached hydrogens (tertiary/aromatic N) is 1. The van der Waals surface area contributed by atoms with Crippen LogP contribution in [0, 0.1) is 5.92 Å². The summed E-state index contributed by atoms with van der Waals surface area (Å²) in [5, 5.41) is 5.22. The molecule has 1 amide bonds. The van der Waals surface area contributed by atoms with Crippen molar-refractivity contribution in [3.8, 4) is 0 Å². The Bertz CT molecular complexity index is 782. The van der Waals surface area contributed by atoms with Gasteiger partial charge in [0.1, 0.15) is 0 Å². The molecule has 0 saturated heterocycles. The molecule has 2 aromatic rings. The summed E-state index contributed by atoms with van der Waals surface area (Å²) in [7, 11) is 0. The zero-order valence-corrected chi connectivity index (χ0v) is 16.4. The highest BCUT2D eigenvalue weighted by Gasteiger charge is 2.23. The highest BCUT2D eigenvalue weighted by molar-refractivity contribution is 7.10. The molecule has 4 rings (SSSR count). The predicted molar refractivity (Wildman–Crippen MR) is 108 cm³/mol. The van der Waals surface area contributed by atoms with E-state index < -0.39 is 0 Å². The maximum absolute atomic E-state index is 12.6. The molecule has 0 radical (unpaired) electrons. The van der Waals surface area contributed by atoms with Crippen LogP contribution in [-0.2, 0) is 25.8 Å². The molecule has 138 valence electrons. The van der Waals surface area contributed by atoms with Gasteiger partial charge in [0.05, 0.1) is 5.56 Å². The van der Waals surface area contributed by atoms with Crippen LogP contribution in [0.4, 0.5) is 0 Å². The average molecular weight is 369 g/mol. The molecule has 0 bridgehead atoms. The van der Waals surface area contributed by atoms with Crippen LogP contribution in [0.2, 0.25) is 0 Å². The van der Waals surface area contributed by atoms with E-state index in [1.54, 1.807) is 11.3 Å². The second-order valence-electron chi connectivity index (χ2n) is 7.80. The van der Waals surface area contributed by atoms with E-state index >= 15 is 0 Å². The molecule has 26 heavy (non-hydrogen) atoms. The Hall–Kier alpha value is -1.65. The van der Waals surface area contributed by atoms with Gasteiger partial charge in [-0.05, 0) is 54.7 Å². The van der Waals surface area contributed by atoms with E-state index in [1.165, 1.54) is 28.0 Å². The van der Waals surface area contributed by atoms with Crippen LogP contribution in [-0.4, -0.2) is 30.4 Å². The molecule has 1 atom stereocenters. The molecule has 0 fully saturated rings. The van der Waals surface area contributed by atoms with Gasteiger partial charge in [-0.1, -0.05) is 31.2 Å². The SMILES string of the molecule is C[C@@H]1CCc2c(C(=O)NCCCN3CCc4ccccc4C3)csc2C1. The Morgan fingerprint density at radius 2 is 2.12 bits per heavy atom. The van der Waals surface area contributed by atoms with Crippen molar-refractivity contribution in [2.75, 3.05) is 19.6 Å². The van der Waals surface area contributed by atoms with E-state index in [9.17, 15) is 4.79 Å². The zero-order valence-electron chi connectivity index (χ0n) is 15.6. The lowest BCUT2D eigenvalue weighted by molar-refractivity contribution is 0.0950. The van der Waals surface area contributed by atoms with Crippen molar-refractivity contribution in [3.63, 3.8) is 0 Å². The third-order valence-corrected chi connectivity index (χ3v) is 6.84. The number of nitrogens with one attached hydrogen (secondary N) is 1. The third-order valence-electron chi connectivity index (χ3n) is 5.79. The fourth-order valence-corrected chi connectivity index (χ4v) is 5.46.